The first-order valence-corrected chi connectivity index (χ1v) is 11.0. The lowest BCUT2D eigenvalue weighted by Gasteiger charge is -2.18. The van der Waals surface area contributed by atoms with Crippen LogP contribution in [0.3, 0.4) is 0 Å². The van der Waals surface area contributed by atoms with Crippen molar-refractivity contribution in [1.82, 2.24) is 0 Å². The van der Waals surface area contributed by atoms with Crippen LogP contribution in [-0.2, 0) is 0 Å². The molecule has 0 aliphatic heterocycles. The molecule has 4 rings (SSSR count). The lowest BCUT2D eigenvalue weighted by Crippen LogP contribution is -2.09. The van der Waals surface area contributed by atoms with E-state index in [1.807, 2.05) is 60.7 Å². The van der Waals surface area contributed by atoms with Crippen molar-refractivity contribution >= 4 is 0 Å². The molecule has 2 fully saturated rings. The quantitative estimate of drug-likeness (QED) is 0.652. The summed E-state index contributed by atoms with van der Waals surface area (Å²) in [7, 11) is 0. The van der Waals surface area contributed by atoms with Gasteiger partial charge < -0.3 is 10.2 Å². The van der Waals surface area contributed by atoms with E-state index in [0.29, 0.717) is 11.8 Å². The average molecular weight is 381 g/mol. The maximum absolute atomic E-state index is 10.1. The zero-order valence-corrected chi connectivity index (χ0v) is 17.4. The van der Waals surface area contributed by atoms with Crippen LogP contribution in [0.15, 0.2) is 60.7 Å². The molecule has 0 amide bonds. The van der Waals surface area contributed by atoms with E-state index in [4.69, 9.17) is 0 Å². The van der Waals surface area contributed by atoms with E-state index in [1.54, 1.807) is 0 Å². The van der Waals surface area contributed by atoms with Crippen molar-refractivity contribution in [1.29, 1.82) is 0 Å². The summed E-state index contributed by atoms with van der Waals surface area (Å²) in [5.74, 6) is 2.54. The first-order valence-electron chi connectivity index (χ1n) is 11.0. The largest absolute Gasteiger partial charge is 0.388 e. The van der Waals surface area contributed by atoms with Crippen LogP contribution >= 0.6 is 0 Å². The number of hydrogen-bond acceptors (Lipinski definition) is 2. The van der Waals surface area contributed by atoms with Gasteiger partial charge in [0.2, 0.25) is 0 Å². The fourth-order valence-electron chi connectivity index (χ4n) is 4.92. The number of rotatable bonds is 4. The Bertz CT molecular complexity index is 623. The highest BCUT2D eigenvalue weighted by Gasteiger charge is 2.29. The van der Waals surface area contributed by atoms with Crippen molar-refractivity contribution in [2.75, 3.05) is 0 Å². The molecule has 2 heteroatoms. The summed E-state index contributed by atoms with van der Waals surface area (Å²) in [5.41, 5.74) is 2.15. The average Bonchev–Trinajstić information content (AvgIpc) is 3.37. The third kappa shape index (κ3) is 5.68. The maximum Gasteiger partial charge on any atom is 0.0818 e. The molecule has 2 aliphatic carbocycles. The van der Waals surface area contributed by atoms with Gasteiger partial charge in [-0.2, -0.15) is 0 Å². The van der Waals surface area contributed by atoms with Gasteiger partial charge in [-0.1, -0.05) is 87.4 Å². The topological polar surface area (TPSA) is 40.5 Å². The Hall–Kier alpha value is -1.64. The van der Waals surface area contributed by atoms with E-state index in [1.165, 1.54) is 38.5 Å². The molecule has 0 unspecified atom stereocenters. The summed E-state index contributed by atoms with van der Waals surface area (Å²) < 4.78 is 0. The molecule has 2 nitrogen and oxygen atoms in total. The van der Waals surface area contributed by atoms with Gasteiger partial charge in [0.05, 0.1) is 12.2 Å². The maximum atomic E-state index is 10.1. The zero-order chi connectivity index (χ0) is 19.9. The second kappa shape index (κ2) is 10.2. The number of aliphatic hydroxyl groups is 2. The molecule has 0 radical (unpaired) electrons. The highest BCUT2D eigenvalue weighted by molar-refractivity contribution is 5.19. The van der Waals surface area contributed by atoms with Gasteiger partial charge in [-0.25, -0.2) is 0 Å². The zero-order valence-electron chi connectivity index (χ0n) is 17.4. The molecule has 2 aromatic rings. The second-order valence-corrected chi connectivity index (χ2v) is 9.07. The summed E-state index contributed by atoms with van der Waals surface area (Å²) in [4.78, 5) is 0. The molecule has 0 bridgehead atoms. The summed E-state index contributed by atoms with van der Waals surface area (Å²) in [6, 6.07) is 20.1. The molecule has 0 saturated heterocycles. The predicted octanol–water partition coefficient (Wildman–Crippen LogP) is 6.31. The van der Waals surface area contributed by atoms with Gasteiger partial charge in [0.15, 0.2) is 0 Å². The summed E-state index contributed by atoms with van der Waals surface area (Å²) in [5, 5.41) is 20.3. The fourth-order valence-corrected chi connectivity index (χ4v) is 4.92. The Morgan fingerprint density at radius 1 is 0.607 bits per heavy atom. The van der Waals surface area contributed by atoms with Gasteiger partial charge in [0.25, 0.3) is 0 Å². The monoisotopic (exact) mass is 380 g/mol. The summed E-state index contributed by atoms with van der Waals surface area (Å²) >= 11 is 0. The van der Waals surface area contributed by atoms with Crippen LogP contribution in [0.4, 0.5) is 0 Å². The third-order valence-corrected chi connectivity index (χ3v) is 6.65. The number of aliphatic hydroxyl groups excluding tert-OH is 2. The van der Waals surface area contributed by atoms with Crippen molar-refractivity contribution in [2.45, 2.75) is 64.6 Å². The van der Waals surface area contributed by atoms with Gasteiger partial charge >= 0.3 is 0 Å². The van der Waals surface area contributed by atoms with Gasteiger partial charge in [-0.05, 0) is 60.5 Å². The molecule has 152 valence electrons. The third-order valence-electron chi connectivity index (χ3n) is 6.65. The predicted molar refractivity (Wildman–Crippen MR) is 116 cm³/mol. The van der Waals surface area contributed by atoms with Gasteiger partial charge in [0.1, 0.15) is 0 Å². The van der Waals surface area contributed by atoms with E-state index in [0.717, 1.165) is 23.0 Å². The Morgan fingerprint density at radius 2 is 0.964 bits per heavy atom. The molecule has 0 heterocycles. The highest BCUT2D eigenvalue weighted by atomic mass is 16.3. The molecular formula is C26H36O2. The SMILES string of the molecule is C[C@@H]1CC[C@H]([C@@H](O)c2ccccc2)C1.C[C@H]1CC[C@@H]([C@H](O)c2ccccc2)C1. The van der Waals surface area contributed by atoms with Crippen LogP contribution in [0.5, 0.6) is 0 Å². The smallest absolute Gasteiger partial charge is 0.0818 e. The standard InChI is InChI=1S/2C13H18O/c2*1-10-7-8-12(9-10)13(14)11-5-3-2-4-6-11/h2*2-6,10,12-14H,7-9H2,1H3/t2*10-,12+,13+/m10/s1. The van der Waals surface area contributed by atoms with E-state index in [-0.39, 0.29) is 12.2 Å². The van der Waals surface area contributed by atoms with Crippen LogP contribution in [0.2, 0.25) is 0 Å². The first-order chi connectivity index (χ1) is 13.5. The van der Waals surface area contributed by atoms with Crippen molar-refractivity contribution < 1.29 is 10.2 Å². The Labute approximate surface area is 170 Å². The highest BCUT2D eigenvalue weighted by Crippen LogP contribution is 2.39. The molecule has 2 saturated carbocycles. The first kappa shape index (κ1) is 21.1. The lowest BCUT2D eigenvalue weighted by molar-refractivity contribution is 0.109. The lowest BCUT2D eigenvalue weighted by atomic mass is 9.94. The molecular weight excluding hydrogens is 344 g/mol. The van der Waals surface area contributed by atoms with Crippen molar-refractivity contribution in [2.24, 2.45) is 23.7 Å². The molecule has 2 aromatic carbocycles. The van der Waals surface area contributed by atoms with E-state index < -0.39 is 0 Å². The fraction of sp³-hybridized carbons (Fsp3) is 0.538. The molecule has 2 N–H and O–H groups in total. The molecule has 0 spiro atoms. The van der Waals surface area contributed by atoms with Crippen LogP contribution in [0.1, 0.15) is 75.7 Å². The van der Waals surface area contributed by atoms with Crippen LogP contribution in [0.25, 0.3) is 0 Å². The van der Waals surface area contributed by atoms with E-state index in [2.05, 4.69) is 13.8 Å². The minimum absolute atomic E-state index is 0.249. The Balaban J connectivity index is 0.000000161. The van der Waals surface area contributed by atoms with Crippen LogP contribution < -0.4 is 0 Å². The van der Waals surface area contributed by atoms with Crippen molar-refractivity contribution in [3.05, 3.63) is 71.8 Å². The molecule has 28 heavy (non-hydrogen) atoms. The van der Waals surface area contributed by atoms with Gasteiger partial charge in [-0.15, -0.1) is 0 Å². The van der Waals surface area contributed by atoms with Gasteiger partial charge in [-0.3, -0.25) is 0 Å². The summed E-state index contributed by atoms with van der Waals surface area (Å²) in [6.45, 7) is 4.55. The minimum Gasteiger partial charge on any atom is -0.388 e. The number of hydrogen-bond donors (Lipinski definition) is 2. The Morgan fingerprint density at radius 3 is 1.25 bits per heavy atom. The van der Waals surface area contributed by atoms with E-state index in [9.17, 15) is 10.2 Å². The Kier molecular flexibility index (Phi) is 7.70. The van der Waals surface area contributed by atoms with E-state index >= 15 is 0 Å². The second-order valence-electron chi connectivity index (χ2n) is 9.07. The van der Waals surface area contributed by atoms with Crippen molar-refractivity contribution in [3.63, 3.8) is 0 Å². The minimum atomic E-state index is -0.249. The van der Waals surface area contributed by atoms with Crippen molar-refractivity contribution in [3.8, 4) is 0 Å². The summed E-state index contributed by atoms with van der Waals surface area (Å²) in [6.07, 6.45) is 6.76. The normalized spacial score (nSPS) is 29.0. The number of benzene rings is 2. The van der Waals surface area contributed by atoms with Crippen LogP contribution in [0, 0.1) is 23.7 Å². The van der Waals surface area contributed by atoms with Gasteiger partial charge in [0, 0.05) is 0 Å². The molecule has 6 atom stereocenters. The molecule has 0 aromatic heterocycles. The van der Waals surface area contributed by atoms with Crippen LogP contribution in [-0.4, -0.2) is 10.2 Å². The molecule has 2 aliphatic rings.